The third-order valence-corrected chi connectivity index (χ3v) is 6.75. The number of aromatic nitrogens is 2. The number of carboxylic acid groups (broad SMARTS) is 1. The highest BCUT2D eigenvalue weighted by Crippen LogP contribution is 2.49. The number of sulfonamides is 1. The molecule has 128 valence electrons. The second-order valence-corrected chi connectivity index (χ2v) is 9.04. The molecule has 1 aromatic heterocycles. The monoisotopic (exact) mass is 341 g/mol. The van der Waals surface area contributed by atoms with E-state index in [1.807, 2.05) is 13.8 Å². The quantitative estimate of drug-likeness (QED) is 0.874. The van der Waals surface area contributed by atoms with Crippen molar-refractivity contribution in [3.63, 3.8) is 0 Å². The fourth-order valence-corrected chi connectivity index (χ4v) is 5.39. The van der Waals surface area contributed by atoms with Crippen molar-refractivity contribution in [1.29, 1.82) is 0 Å². The van der Waals surface area contributed by atoms with Crippen molar-refractivity contribution in [1.82, 2.24) is 13.9 Å². The summed E-state index contributed by atoms with van der Waals surface area (Å²) in [4.78, 5) is 15.7. The van der Waals surface area contributed by atoms with E-state index in [0.717, 1.165) is 12.8 Å². The number of carbonyl (C=O) groups is 1. The average Bonchev–Trinajstić information content (AvgIpc) is 3.09. The van der Waals surface area contributed by atoms with E-state index in [4.69, 9.17) is 0 Å². The van der Waals surface area contributed by atoms with Gasteiger partial charge < -0.3 is 9.67 Å². The van der Waals surface area contributed by atoms with Gasteiger partial charge in [0.15, 0.2) is 5.03 Å². The summed E-state index contributed by atoms with van der Waals surface area (Å²) in [6.45, 7) is 5.14. The number of hydrogen-bond acceptors (Lipinski definition) is 4. The summed E-state index contributed by atoms with van der Waals surface area (Å²) < 4.78 is 28.7. The SMILES string of the molecule is CC(C)Cn1cnc(S(=O)(=O)N2C[C@@H]3CCC[C@@]3(C(=O)O)C2)c1. The van der Waals surface area contributed by atoms with Crippen molar-refractivity contribution in [2.24, 2.45) is 17.3 Å². The molecule has 3 rings (SSSR count). The molecule has 1 aliphatic heterocycles. The molecule has 2 atom stereocenters. The molecule has 0 amide bonds. The Labute approximate surface area is 136 Å². The molecule has 7 nitrogen and oxygen atoms in total. The lowest BCUT2D eigenvalue weighted by Crippen LogP contribution is -2.37. The molecule has 0 bridgehead atoms. The Morgan fingerprint density at radius 1 is 1.52 bits per heavy atom. The Balaban J connectivity index is 1.84. The lowest BCUT2D eigenvalue weighted by Gasteiger charge is -2.22. The van der Waals surface area contributed by atoms with E-state index >= 15 is 0 Å². The Bertz CT molecular complexity index is 712. The third-order valence-electron chi connectivity index (χ3n) is 5.06. The highest BCUT2D eigenvalue weighted by Gasteiger charge is 2.57. The maximum atomic E-state index is 12.8. The van der Waals surface area contributed by atoms with E-state index in [-0.39, 0.29) is 24.0 Å². The second-order valence-electron chi connectivity index (χ2n) is 7.15. The number of aliphatic carboxylic acids is 1. The number of imidazole rings is 1. The summed E-state index contributed by atoms with van der Waals surface area (Å²) in [6, 6.07) is 0. The zero-order valence-electron chi connectivity index (χ0n) is 13.5. The highest BCUT2D eigenvalue weighted by atomic mass is 32.2. The van der Waals surface area contributed by atoms with Gasteiger partial charge in [-0.2, -0.15) is 4.31 Å². The van der Waals surface area contributed by atoms with Gasteiger partial charge in [-0.15, -0.1) is 0 Å². The summed E-state index contributed by atoms with van der Waals surface area (Å²) in [5, 5.41) is 9.60. The number of hydrogen-bond donors (Lipinski definition) is 1. The molecule has 23 heavy (non-hydrogen) atoms. The van der Waals surface area contributed by atoms with E-state index < -0.39 is 21.4 Å². The standard InChI is InChI=1S/C15H23N3O4S/c1-11(2)6-17-8-13(16-10-17)23(21,22)18-7-12-4-3-5-15(12,9-18)14(19)20/h8,10-12H,3-7,9H2,1-2H3,(H,19,20)/t12-,15+/m0/s1. The van der Waals surface area contributed by atoms with Crippen LogP contribution in [0.4, 0.5) is 0 Å². The van der Waals surface area contributed by atoms with Crippen molar-refractivity contribution in [2.75, 3.05) is 13.1 Å². The van der Waals surface area contributed by atoms with Crippen molar-refractivity contribution in [3.8, 4) is 0 Å². The molecule has 1 aliphatic carbocycles. The summed E-state index contributed by atoms with van der Waals surface area (Å²) >= 11 is 0. The van der Waals surface area contributed by atoms with Crippen molar-refractivity contribution in [2.45, 2.75) is 44.7 Å². The summed E-state index contributed by atoms with van der Waals surface area (Å²) in [6.07, 6.45) is 5.25. The van der Waals surface area contributed by atoms with Gasteiger partial charge in [0.1, 0.15) is 0 Å². The Morgan fingerprint density at radius 3 is 2.87 bits per heavy atom. The van der Waals surface area contributed by atoms with E-state index in [1.165, 1.54) is 16.8 Å². The average molecular weight is 341 g/mol. The molecule has 0 unspecified atom stereocenters. The van der Waals surface area contributed by atoms with Gasteiger partial charge in [-0.1, -0.05) is 20.3 Å². The molecular weight excluding hydrogens is 318 g/mol. The summed E-state index contributed by atoms with van der Waals surface area (Å²) in [5.74, 6) is -0.572. The van der Waals surface area contributed by atoms with Gasteiger partial charge in [-0.3, -0.25) is 4.79 Å². The van der Waals surface area contributed by atoms with Crippen LogP contribution in [0, 0.1) is 17.3 Å². The van der Waals surface area contributed by atoms with Crippen LogP contribution < -0.4 is 0 Å². The smallest absolute Gasteiger partial charge is 0.311 e. The van der Waals surface area contributed by atoms with Crippen LogP contribution in [0.3, 0.4) is 0 Å². The molecule has 2 heterocycles. The molecular formula is C15H23N3O4S. The molecule has 1 aromatic rings. The van der Waals surface area contributed by atoms with Crippen LogP contribution in [-0.2, 0) is 21.4 Å². The normalized spacial score (nSPS) is 28.4. The zero-order chi connectivity index (χ0) is 16.8. The first-order valence-corrected chi connectivity index (χ1v) is 9.45. The van der Waals surface area contributed by atoms with Crippen LogP contribution in [0.25, 0.3) is 0 Å². The number of carboxylic acids is 1. The van der Waals surface area contributed by atoms with Crippen molar-refractivity contribution >= 4 is 16.0 Å². The first-order chi connectivity index (χ1) is 10.8. The van der Waals surface area contributed by atoms with Gasteiger partial charge in [0.2, 0.25) is 0 Å². The number of nitrogens with zero attached hydrogens (tertiary/aromatic N) is 3. The molecule has 0 spiro atoms. The minimum atomic E-state index is -3.73. The fraction of sp³-hybridized carbons (Fsp3) is 0.733. The molecule has 0 radical (unpaired) electrons. The minimum Gasteiger partial charge on any atom is -0.481 e. The first kappa shape index (κ1) is 16.4. The van der Waals surface area contributed by atoms with Crippen molar-refractivity contribution < 1.29 is 18.3 Å². The molecule has 0 aromatic carbocycles. The van der Waals surface area contributed by atoms with Crippen LogP contribution in [-0.4, -0.2) is 46.4 Å². The number of fused-ring (bicyclic) bond motifs is 1. The molecule has 1 saturated carbocycles. The predicted octanol–water partition coefficient (Wildman–Crippen LogP) is 1.41. The second kappa shape index (κ2) is 5.59. The van der Waals surface area contributed by atoms with Gasteiger partial charge >= 0.3 is 5.97 Å². The molecule has 1 N–H and O–H groups in total. The minimum absolute atomic E-state index is 0.0127. The maximum Gasteiger partial charge on any atom is 0.311 e. The molecule has 2 aliphatic rings. The largest absolute Gasteiger partial charge is 0.481 e. The molecule has 2 fully saturated rings. The first-order valence-electron chi connectivity index (χ1n) is 8.01. The molecule has 8 heteroatoms. The van der Waals surface area contributed by atoms with Crippen LogP contribution in [0.15, 0.2) is 17.6 Å². The summed E-state index contributed by atoms with van der Waals surface area (Å²) in [5.41, 5.74) is -0.909. The van der Waals surface area contributed by atoms with E-state index in [1.54, 1.807) is 4.57 Å². The van der Waals surface area contributed by atoms with Crippen LogP contribution >= 0.6 is 0 Å². The fourth-order valence-electron chi connectivity index (χ4n) is 3.90. The molecule has 1 saturated heterocycles. The van der Waals surface area contributed by atoms with Crippen LogP contribution in [0.1, 0.15) is 33.1 Å². The predicted molar refractivity (Wildman–Crippen MR) is 83.2 cm³/mol. The Kier molecular flexibility index (Phi) is 4.00. The van der Waals surface area contributed by atoms with Gasteiger partial charge in [-0.05, 0) is 24.7 Å². The lowest BCUT2D eigenvalue weighted by molar-refractivity contribution is -0.149. The van der Waals surface area contributed by atoms with Gasteiger partial charge in [0.25, 0.3) is 10.0 Å². The van der Waals surface area contributed by atoms with Gasteiger partial charge in [0.05, 0.1) is 11.7 Å². The Morgan fingerprint density at radius 2 is 2.26 bits per heavy atom. The van der Waals surface area contributed by atoms with Crippen LogP contribution in [0.2, 0.25) is 0 Å². The lowest BCUT2D eigenvalue weighted by atomic mass is 9.81. The maximum absolute atomic E-state index is 12.8. The Hall–Kier alpha value is -1.41. The summed E-state index contributed by atoms with van der Waals surface area (Å²) in [7, 11) is -3.73. The van der Waals surface area contributed by atoms with E-state index in [9.17, 15) is 18.3 Å². The topological polar surface area (TPSA) is 92.5 Å². The zero-order valence-corrected chi connectivity index (χ0v) is 14.3. The van der Waals surface area contributed by atoms with Gasteiger partial charge in [0, 0.05) is 25.8 Å². The van der Waals surface area contributed by atoms with E-state index in [2.05, 4.69) is 4.98 Å². The van der Waals surface area contributed by atoms with Crippen LogP contribution in [0.5, 0.6) is 0 Å². The van der Waals surface area contributed by atoms with E-state index in [0.29, 0.717) is 18.9 Å². The number of rotatable bonds is 5. The highest BCUT2D eigenvalue weighted by molar-refractivity contribution is 7.89. The van der Waals surface area contributed by atoms with Crippen molar-refractivity contribution in [3.05, 3.63) is 12.5 Å². The van der Waals surface area contributed by atoms with Gasteiger partial charge in [-0.25, -0.2) is 13.4 Å². The third kappa shape index (κ3) is 2.67.